The summed E-state index contributed by atoms with van der Waals surface area (Å²) in [6.45, 7) is 4.00. The molecule has 0 saturated heterocycles. The zero-order valence-electron chi connectivity index (χ0n) is 19.8. The molecule has 4 rings (SSSR count). The van der Waals surface area contributed by atoms with Crippen LogP contribution in [0.15, 0.2) is 54.7 Å². The van der Waals surface area contributed by atoms with Crippen LogP contribution >= 0.6 is 23.2 Å². The number of rotatable bonds is 8. The smallest absolute Gasteiger partial charge is 0.338 e. The number of aromatic nitrogens is 4. The fourth-order valence-electron chi connectivity index (χ4n) is 3.64. The Labute approximate surface area is 217 Å². The molecule has 0 spiro atoms. The van der Waals surface area contributed by atoms with E-state index >= 15 is 0 Å². The Morgan fingerprint density at radius 3 is 2.44 bits per heavy atom. The molecule has 0 atom stereocenters. The normalized spacial score (nSPS) is 10.8. The molecule has 0 bridgehead atoms. The zero-order valence-corrected chi connectivity index (χ0v) is 21.3. The van der Waals surface area contributed by atoms with Gasteiger partial charge in [0.05, 0.1) is 46.3 Å². The lowest BCUT2D eigenvalue weighted by Gasteiger charge is -2.10. The van der Waals surface area contributed by atoms with Crippen LogP contribution in [0, 0.1) is 13.8 Å². The van der Waals surface area contributed by atoms with Crippen LogP contribution in [0.5, 0.6) is 5.75 Å². The van der Waals surface area contributed by atoms with Gasteiger partial charge in [0.25, 0.3) is 5.91 Å². The second kappa shape index (κ2) is 10.8. The molecule has 4 aromatic rings. The van der Waals surface area contributed by atoms with E-state index in [2.05, 4.69) is 15.5 Å². The number of nitrogens with one attached hydrogen (secondary N) is 1. The van der Waals surface area contributed by atoms with Gasteiger partial charge in [-0.1, -0.05) is 47.5 Å². The van der Waals surface area contributed by atoms with Gasteiger partial charge in [-0.05, 0) is 43.7 Å². The molecule has 2 heterocycles. The summed E-state index contributed by atoms with van der Waals surface area (Å²) < 4.78 is 13.7. The Morgan fingerprint density at radius 2 is 1.72 bits per heavy atom. The van der Waals surface area contributed by atoms with Crippen molar-refractivity contribution in [3.63, 3.8) is 0 Å². The Morgan fingerprint density at radius 1 is 1.00 bits per heavy atom. The van der Waals surface area contributed by atoms with Gasteiger partial charge in [0, 0.05) is 6.20 Å². The second-order valence-electron chi connectivity index (χ2n) is 7.87. The van der Waals surface area contributed by atoms with Crippen LogP contribution in [0.1, 0.15) is 37.8 Å². The number of halogens is 2. The first-order valence-corrected chi connectivity index (χ1v) is 11.7. The molecule has 0 aliphatic heterocycles. The van der Waals surface area contributed by atoms with Crippen molar-refractivity contribution in [1.29, 1.82) is 0 Å². The molecule has 0 fully saturated rings. The zero-order chi connectivity index (χ0) is 25.8. The number of methoxy groups -OCH3 is 1. The molecule has 1 amide bonds. The van der Waals surface area contributed by atoms with Crippen LogP contribution in [-0.4, -0.2) is 38.5 Å². The van der Waals surface area contributed by atoms with Crippen molar-refractivity contribution >= 4 is 40.8 Å². The van der Waals surface area contributed by atoms with Crippen LogP contribution in [0.4, 0.5) is 5.69 Å². The van der Waals surface area contributed by atoms with E-state index in [0.29, 0.717) is 39.3 Å². The van der Waals surface area contributed by atoms with Gasteiger partial charge in [-0.25, -0.2) is 9.48 Å². The highest BCUT2D eigenvalue weighted by Crippen LogP contribution is 2.32. The molecule has 9 nitrogen and oxygen atoms in total. The predicted octanol–water partition coefficient (Wildman–Crippen LogP) is 5.13. The molecule has 0 aliphatic rings. The third-order valence-corrected chi connectivity index (χ3v) is 6.09. The van der Waals surface area contributed by atoms with E-state index in [0.717, 1.165) is 11.3 Å². The molecule has 36 heavy (non-hydrogen) atoms. The summed E-state index contributed by atoms with van der Waals surface area (Å²) >= 11 is 12.2. The Hall–Kier alpha value is -3.82. The molecule has 0 saturated carbocycles. The first-order valence-electron chi connectivity index (χ1n) is 10.9. The van der Waals surface area contributed by atoms with E-state index in [1.807, 2.05) is 19.1 Å². The number of nitrogens with zero attached hydrogens (tertiary/aromatic N) is 4. The van der Waals surface area contributed by atoms with Gasteiger partial charge in [-0.3, -0.25) is 9.48 Å². The number of benzene rings is 2. The van der Waals surface area contributed by atoms with E-state index < -0.39 is 11.9 Å². The minimum Gasteiger partial charge on any atom is -0.468 e. The highest BCUT2D eigenvalue weighted by molar-refractivity contribution is 6.37. The summed E-state index contributed by atoms with van der Waals surface area (Å²) in [7, 11) is 1.34. The van der Waals surface area contributed by atoms with Gasteiger partial charge in [0.1, 0.15) is 0 Å². The molecular formula is C25H23Cl2N5O4. The van der Waals surface area contributed by atoms with Gasteiger partial charge >= 0.3 is 5.97 Å². The molecule has 0 aliphatic carbocycles. The first kappa shape index (κ1) is 25.3. The lowest BCUT2D eigenvalue weighted by molar-refractivity contribution is 0.0599. The number of amides is 1. The molecule has 186 valence electrons. The van der Waals surface area contributed by atoms with E-state index in [1.165, 1.54) is 11.8 Å². The molecule has 2 aromatic carbocycles. The van der Waals surface area contributed by atoms with Crippen molar-refractivity contribution in [2.75, 3.05) is 12.4 Å². The summed E-state index contributed by atoms with van der Waals surface area (Å²) in [4.78, 5) is 25.0. The number of carbonyl (C=O) groups excluding carboxylic acids is 2. The number of carbonyl (C=O) groups is 2. The standard InChI is InChI=1S/C25H23Cl2N5O4/c1-15-22(16(2)32(29-15)13-17-7-4-5-8-18(17)25(34)35-3)28-24(33)21-11-12-31(30-21)14-36-23-19(26)9-6-10-20(23)27/h4-12H,13-14H2,1-3H3,(H,28,33). The average molecular weight is 528 g/mol. The van der Waals surface area contributed by atoms with Crippen LogP contribution < -0.4 is 10.1 Å². The van der Waals surface area contributed by atoms with Crippen molar-refractivity contribution in [2.24, 2.45) is 0 Å². The summed E-state index contributed by atoms with van der Waals surface area (Å²) in [5.41, 5.74) is 3.36. The monoisotopic (exact) mass is 527 g/mol. The highest BCUT2D eigenvalue weighted by atomic mass is 35.5. The van der Waals surface area contributed by atoms with E-state index in [9.17, 15) is 9.59 Å². The van der Waals surface area contributed by atoms with Gasteiger partial charge in [-0.2, -0.15) is 10.2 Å². The molecule has 11 heteroatoms. The van der Waals surface area contributed by atoms with Crippen molar-refractivity contribution in [1.82, 2.24) is 19.6 Å². The predicted molar refractivity (Wildman–Crippen MR) is 136 cm³/mol. The minimum absolute atomic E-state index is 0.0202. The largest absolute Gasteiger partial charge is 0.468 e. The van der Waals surface area contributed by atoms with Crippen LogP contribution in [0.3, 0.4) is 0 Å². The Bertz CT molecular complexity index is 1410. The summed E-state index contributed by atoms with van der Waals surface area (Å²) in [5, 5.41) is 12.5. The lowest BCUT2D eigenvalue weighted by Crippen LogP contribution is -2.15. The topological polar surface area (TPSA) is 100 Å². The van der Waals surface area contributed by atoms with E-state index in [1.54, 1.807) is 54.2 Å². The maximum absolute atomic E-state index is 12.9. The number of hydrogen-bond donors (Lipinski definition) is 1. The van der Waals surface area contributed by atoms with Gasteiger partial charge < -0.3 is 14.8 Å². The van der Waals surface area contributed by atoms with E-state index in [-0.39, 0.29) is 12.4 Å². The number of para-hydroxylation sites is 1. The third-order valence-electron chi connectivity index (χ3n) is 5.50. The van der Waals surface area contributed by atoms with Crippen LogP contribution in [-0.2, 0) is 18.0 Å². The lowest BCUT2D eigenvalue weighted by atomic mass is 10.1. The number of ether oxygens (including phenoxy) is 2. The summed E-state index contributed by atoms with van der Waals surface area (Å²) in [5.74, 6) is -0.475. The number of hydrogen-bond acceptors (Lipinski definition) is 6. The van der Waals surface area contributed by atoms with Crippen LogP contribution in [0.2, 0.25) is 10.0 Å². The van der Waals surface area contributed by atoms with Gasteiger partial charge in [0.15, 0.2) is 18.2 Å². The molecule has 0 radical (unpaired) electrons. The van der Waals surface area contributed by atoms with Gasteiger partial charge in [0.2, 0.25) is 0 Å². The van der Waals surface area contributed by atoms with Crippen molar-refractivity contribution < 1.29 is 19.1 Å². The fraction of sp³-hybridized carbons (Fsp3) is 0.200. The Kier molecular flexibility index (Phi) is 7.61. The number of aryl methyl sites for hydroxylation is 1. The second-order valence-corrected chi connectivity index (χ2v) is 8.69. The molecular weight excluding hydrogens is 505 g/mol. The third kappa shape index (κ3) is 5.37. The fourth-order valence-corrected chi connectivity index (χ4v) is 4.15. The number of esters is 1. The van der Waals surface area contributed by atoms with Crippen molar-refractivity contribution in [3.8, 4) is 5.75 Å². The summed E-state index contributed by atoms with van der Waals surface area (Å²) in [6.07, 6.45) is 1.62. The van der Waals surface area contributed by atoms with Crippen LogP contribution in [0.25, 0.3) is 0 Å². The number of anilines is 1. The minimum atomic E-state index is -0.419. The Balaban J connectivity index is 1.46. The average Bonchev–Trinajstić information content (AvgIpc) is 3.44. The highest BCUT2D eigenvalue weighted by Gasteiger charge is 2.19. The van der Waals surface area contributed by atoms with Crippen molar-refractivity contribution in [2.45, 2.75) is 27.1 Å². The SMILES string of the molecule is COC(=O)c1ccccc1Cn1nc(C)c(NC(=O)c2ccn(COc3c(Cl)cccc3Cl)n2)c1C. The van der Waals surface area contributed by atoms with Crippen molar-refractivity contribution in [3.05, 3.63) is 93.0 Å². The molecule has 0 unspecified atom stereocenters. The molecule has 1 N–H and O–H groups in total. The molecule has 2 aromatic heterocycles. The van der Waals surface area contributed by atoms with E-state index in [4.69, 9.17) is 32.7 Å². The summed E-state index contributed by atoms with van der Waals surface area (Å²) in [6, 6.07) is 13.8. The first-order chi connectivity index (χ1) is 17.3. The maximum Gasteiger partial charge on any atom is 0.338 e. The maximum atomic E-state index is 12.9. The quantitative estimate of drug-likeness (QED) is 0.319. The van der Waals surface area contributed by atoms with Gasteiger partial charge in [-0.15, -0.1) is 0 Å².